The lowest BCUT2D eigenvalue weighted by molar-refractivity contribution is 0.660. The van der Waals surface area contributed by atoms with E-state index in [-0.39, 0.29) is 10.8 Å². The molecule has 0 radical (unpaired) electrons. The van der Waals surface area contributed by atoms with Crippen molar-refractivity contribution in [2.24, 2.45) is 0 Å². The summed E-state index contributed by atoms with van der Waals surface area (Å²) in [5.41, 5.74) is 31.2. The van der Waals surface area contributed by atoms with Crippen LogP contribution in [-0.4, -0.2) is 0 Å². The highest BCUT2D eigenvalue weighted by Crippen LogP contribution is 2.53. The number of nitrogens with zero attached hydrogens (tertiary/aromatic N) is 2. The van der Waals surface area contributed by atoms with Crippen molar-refractivity contribution < 1.29 is 0 Å². The van der Waals surface area contributed by atoms with Gasteiger partial charge in [-0.2, -0.15) is 0 Å². The Hall–Kier alpha value is -11.6. The molecule has 0 saturated carbocycles. The Morgan fingerprint density at radius 3 is 0.766 bits per heavy atom. The summed E-state index contributed by atoms with van der Waals surface area (Å²) in [5.74, 6) is 0. The van der Waals surface area contributed by atoms with Gasteiger partial charge in [0.15, 0.2) is 0 Å². The number of anilines is 6. The minimum Gasteiger partial charge on any atom is -0.310 e. The minimum absolute atomic E-state index is 0.233. The summed E-state index contributed by atoms with van der Waals surface area (Å²) >= 11 is 0. The van der Waals surface area contributed by atoms with E-state index in [1.54, 1.807) is 0 Å². The number of hydrogen-bond acceptors (Lipinski definition) is 2. The van der Waals surface area contributed by atoms with Crippen LogP contribution in [0, 0.1) is 0 Å². The van der Waals surface area contributed by atoms with Gasteiger partial charge in [0.25, 0.3) is 0 Å². The molecule has 14 aromatic rings. The van der Waals surface area contributed by atoms with Gasteiger partial charge >= 0.3 is 0 Å². The zero-order valence-corrected chi connectivity index (χ0v) is 53.4. The first-order valence-electron chi connectivity index (χ1n) is 32.8. The molecule has 0 amide bonds. The number of hydrogen-bond donors (Lipinski definition) is 0. The van der Waals surface area contributed by atoms with Crippen LogP contribution >= 0.6 is 0 Å². The second-order valence-electron chi connectivity index (χ2n) is 26.1. The van der Waals surface area contributed by atoms with Gasteiger partial charge in [-0.05, 0) is 195 Å². The van der Waals surface area contributed by atoms with Gasteiger partial charge in [-0.1, -0.05) is 307 Å². The van der Waals surface area contributed by atoms with Crippen molar-refractivity contribution in [3.05, 3.63) is 372 Å². The molecule has 448 valence electrons. The van der Waals surface area contributed by atoms with Gasteiger partial charge in [-0.3, -0.25) is 0 Å². The van der Waals surface area contributed by atoms with Crippen molar-refractivity contribution in [1.82, 2.24) is 0 Å². The van der Waals surface area contributed by atoms with E-state index >= 15 is 0 Å². The maximum Gasteiger partial charge on any atom is 0.0465 e. The van der Waals surface area contributed by atoms with Crippen molar-refractivity contribution in [2.75, 3.05) is 9.80 Å². The molecule has 0 atom stereocenters. The Kier molecular flexibility index (Phi) is 14.6. The highest BCUT2D eigenvalue weighted by molar-refractivity contribution is 5.99. The summed E-state index contributed by atoms with van der Waals surface area (Å²) in [5, 5.41) is 2.46. The Balaban J connectivity index is 0.656. The number of fused-ring (bicyclic) bond motifs is 7. The van der Waals surface area contributed by atoms with E-state index in [1.165, 1.54) is 122 Å². The highest BCUT2D eigenvalue weighted by Gasteiger charge is 2.38. The molecule has 0 aromatic heterocycles. The normalized spacial score (nSPS) is 13.2. The minimum atomic E-state index is -0.233. The molecule has 94 heavy (non-hydrogen) atoms. The molecule has 2 aliphatic carbocycles. The largest absolute Gasteiger partial charge is 0.310 e. The first kappa shape index (κ1) is 57.6. The molecular formula is C92H70N2. The fraction of sp³-hybridized carbons (Fsp3) is 0.0652. The van der Waals surface area contributed by atoms with Gasteiger partial charge in [0, 0.05) is 45.0 Å². The molecule has 0 heterocycles. The van der Waals surface area contributed by atoms with Crippen LogP contribution in [-0.2, 0) is 10.8 Å². The third-order valence-corrected chi connectivity index (χ3v) is 19.7. The first-order valence-corrected chi connectivity index (χ1v) is 32.8. The Morgan fingerprint density at radius 2 is 0.468 bits per heavy atom. The van der Waals surface area contributed by atoms with E-state index in [4.69, 9.17) is 0 Å². The van der Waals surface area contributed by atoms with Crippen molar-refractivity contribution in [3.63, 3.8) is 0 Å². The van der Waals surface area contributed by atoms with Gasteiger partial charge in [0.1, 0.15) is 0 Å². The molecule has 0 fully saturated rings. The molecule has 0 aliphatic heterocycles. The van der Waals surface area contributed by atoms with Gasteiger partial charge in [0.2, 0.25) is 0 Å². The molecule has 2 nitrogen and oxygen atoms in total. The Morgan fingerprint density at radius 1 is 0.213 bits per heavy atom. The number of rotatable bonds is 14. The SMILES string of the molecule is CC1(C)c2cc(C=Cc3cccc4c(C=Cc5ccc6c(c5)C(C)(C)c5cc(N(c7ccc(-c8ccccc8)cc7)c7ccc(-c8ccccc8)cc7)ccc5-6)cccc34)ccc2-c2ccc(N(c3ccc(-c4ccccc4)cc3)c3ccc(-c4ccccc4)cc3)cc21. The molecule has 2 heteroatoms. The monoisotopic (exact) mass is 1200 g/mol. The standard InChI is InChI=1S/C92H70N2/c1-91(2)87-59-63(33-55-83(87)85-57-53-79(61-89(85)91)93(75-45-37-69(38-46-75)65-19-9-5-10-20-65)76-47-39-70(40-48-76)66-21-11-6-12-22-66)31-35-73-27-17-30-82-74(28-18-29-81(73)82)36-32-64-34-56-84-86-58-54-80(62-90(86)92(3,4)88(84)60-64)94(77-49-41-71(42-50-77)67-23-13-7-14-24-67)78-51-43-72(44-52-78)68-25-15-8-16-26-68/h5-62H,1-4H3. The molecule has 0 spiro atoms. The zero-order valence-electron chi connectivity index (χ0n) is 53.4. The van der Waals surface area contributed by atoms with E-state index in [0.717, 1.165) is 34.1 Å². The molecule has 14 aromatic carbocycles. The van der Waals surface area contributed by atoms with E-state index in [0.29, 0.717) is 0 Å². The van der Waals surface area contributed by atoms with E-state index in [9.17, 15) is 0 Å². The second-order valence-corrected chi connectivity index (χ2v) is 26.1. The summed E-state index contributed by atoms with van der Waals surface area (Å²) in [7, 11) is 0. The van der Waals surface area contributed by atoms with E-state index < -0.39 is 0 Å². The summed E-state index contributed by atoms with van der Waals surface area (Å²) in [6.07, 6.45) is 9.17. The van der Waals surface area contributed by atoms with Crippen LogP contribution < -0.4 is 9.80 Å². The van der Waals surface area contributed by atoms with E-state index in [2.05, 4.69) is 389 Å². The fourth-order valence-electron chi connectivity index (χ4n) is 14.6. The third-order valence-electron chi connectivity index (χ3n) is 19.7. The van der Waals surface area contributed by atoms with Crippen molar-refractivity contribution in [2.45, 2.75) is 38.5 Å². The number of benzene rings is 14. The lowest BCUT2D eigenvalue weighted by atomic mass is 9.81. The van der Waals surface area contributed by atoms with Crippen LogP contribution in [0.4, 0.5) is 34.1 Å². The quantitative estimate of drug-likeness (QED) is 0.100. The van der Waals surface area contributed by atoms with Gasteiger partial charge in [-0.25, -0.2) is 0 Å². The second kappa shape index (κ2) is 23.9. The maximum absolute atomic E-state index is 2.43. The summed E-state index contributed by atoms with van der Waals surface area (Å²) < 4.78 is 0. The Labute approximate surface area is 553 Å². The molecule has 0 unspecified atom stereocenters. The smallest absolute Gasteiger partial charge is 0.0465 e. The predicted molar refractivity (Wildman–Crippen MR) is 401 cm³/mol. The van der Waals surface area contributed by atoms with Crippen molar-refractivity contribution in [3.8, 4) is 66.8 Å². The average Bonchev–Trinajstić information content (AvgIpc) is 1.58. The summed E-state index contributed by atoms with van der Waals surface area (Å²) in [4.78, 5) is 4.80. The van der Waals surface area contributed by atoms with Crippen molar-refractivity contribution in [1.29, 1.82) is 0 Å². The zero-order chi connectivity index (χ0) is 63.3. The van der Waals surface area contributed by atoms with Crippen LogP contribution in [0.3, 0.4) is 0 Å². The molecular weight excluding hydrogens is 1130 g/mol. The maximum atomic E-state index is 2.43. The molecule has 0 saturated heterocycles. The van der Waals surface area contributed by atoms with Crippen LogP contribution in [0.15, 0.2) is 328 Å². The molecule has 16 rings (SSSR count). The molecule has 2 aliphatic rings. The first-order chi connectivity index (χ1) is 46.1. The third kappa shape index (κ3) is 10.6. The topological polar surface area (TPSA) is 6.48 Å². The lowest BCUT2D eigenvalue weighted by Gasteiger charge is -2.28. The highest BCUT2D eigenvalue weighted by atomic mass is 15.1. The van der Waals surface area contributed by atoms with Crippen LogP contribution in [0.25, 0.3) is 102 Å². The van der Waals surface area contributed by atoms with Crippen LogP contribution in [0.5, 0.6) is 0 Å². The molecule has 0 bridgehead atoms. The van der Waals surface area contributed by atoms with Gasteiger partial charge in [-0.15, -0.1) is 0 Å². The van der Waals surface area contributed by atoms with Gasteiger partial charge in [0.05, 0.1) is 0 Å². The Bertz CT molecular complexity index is 4680. The van der Waals surface area contributed by atoms with Gasteiger partial charge < -0.3 is 9.80 Å². The van der Waals surface area contributed by atoms with Crippen LogP contribution in [0.2, 0.25) is 0 Å². The summed E-state index contributed by atoms with van der Waals surface area (Å²) in [6, 6.07) is 120. The average molecular weight is 1200 g/mol. The molecule has 0 N–H and O–H groups in total. The van der Waals surface area contributed by atoms with Crippen molar-refractivity contribution >= 4 is 69.2 Å². The lowest BCUT2D eigenvalue weighted by Crippen LogP contribution is -2.16. The fourth-order valence-corrected chi connectivity index (χ4v) is 14.6. The summed E-state index contributed by atoms with van der Waals surface area (Å²) in [6.45, 7) is 9.54. The predicted octanol–water partition coefficient (Wildman–Crippen LogP) is 25.4. The van der Waals surface area contributed by atoms with Crippen LogP contribution in [0.1, 0.15) is 72.2 Å². The van der Waals surface area contributed by atoms with E-state index in [1.807, 2.05) is 0 Å².